The Bertz CT molecular complexity index is 602. The average Bonchev–Trinajstić information content (AvgIpc) is 2.56. The number of rotatable bonds is 6. The van der Waals surface area contributed by atoms with Gasteiger partial charge in [-0.3, -0.25) is 4.79 Å². The monoisotopic (exact) mass is 370 g/mol. The maximum Gasteiger partial charge on any atom is 0.224 e. The molecule has 0 aromatic heterocycles. The number of nitrogens with zero attached hydrogens (tertiary/aromatic N) is 1. The molecule has 1 unspecified atom stereocenters. The average molecular weight is 371 g/mol. The lowest BCUT2D eigenvalue weighted by atomic mass is 9.97. The summed E-state index contributed by atoms with van der Waals surface area (Å²) in [5.41, 5.74) is 1.79. The third kappa shape index (κ3) is 5.20. The molecule has 2 aromatic carbocycles. The van der Waals surface area contributed by atoms with E-state index in [1.54, 1.807) is 36.2 Å². The maximum absolute atomic E-state index is 13.2. The van der Waals surface area contributed by atoms with Gasteiger partial charge in [-0.05, 0) is 42.4 Å². The minimum atomic E-state index is -0.298. The van der Waals surface area contributed by atoms with Gasteiger partial charge < -0.3 is 10.2 Å². The minimum absolute atomic E-state index is 0. The van der Waals surface area contributed by atoms with Gasteiger partial charge in [0.05, 0.1) is 6.04 Å². The van der Waals surface area contributed by atoms with Crippen molar-refractivity contribution in [3.05, 3.63) is 70.5 Å². The van der Waals surface area contributed by atoms with Crippen LogP contribution >= 0.6 is 24.0 Å². The number of hydrogen-bond acceptors (Lipinski definition) is 2. The predicted molar refractivity (Wildman–Crippen MR) is 98.3 cm³/mol. The molecule has 0 heterocycles. The summed E-state index contributed by atoms with van der Waals surface area (Å²) in [4.78, 5) is 14.1. The van der Waals surface area contributed by atoms with Crippen molar-refractivity contribution in [1.82, 2.24) is 10.2 Å². The van der Waals surface area contributed by atoms with Crippen LogP contribution in [0.3, 0.4) is 0 Å². The molecule has 130 valence electrons. The van der Waals surface area contributed by atoms with Crippen molar-refractivity contribution >= 4 is 29.9 Å². The molecule has 6 heteroatoms. The molecule has 0 saturated carbocycles. The van der Waals surface area contributed by atoms with Crippen molar-refractivity contribution in [1.29, 1.82) is 0 Å². The third-order valence-corrected chi connectivity index (χ3v) is 3.99. The number of carbonyl (C=O) groups excluding carboxylic acids is 1. The lowest BCUT2D eigenvalue weighted by molar-refractivity contribution is -0.131. The summed E-state index contributed by atoms with van der Waals surface area (Å²) in [5, 5.41) is 3.61. The molecule has 2 aromatic rings. The van der Waals surface area contributed by atoms with E-state index >= 15 is 0 Å². The normalized spacial score (nSPS) is 11.5. The summed E-state index contributed by atoms with van der Waals surface area (Å²) in [6.07, 6.45) is 0.401. The molecule has 1 atom stereocenters. The van der Waals surface area contributed by atoms with E-state index in [1.165, 1.54) is 12.1 Å². The summed E-state index contributed by atoms with van der Waals surface area (Å²) in [5.74, 6) is -0.281. The molecule has 24 heavy (non-hydrogen) atoms. The smallest absolute Gasteiger partial charge is 0.224 e. The van der Waals surface area contributed by atoms with Gasteiger partial charge >= 0.3 is 0 Å². The fraction of sp³-hybridized carbons (Fsp3) is 0.278. The van der Waals surface area contributed by atoms with Crippen LogP contribution in [0.2, 0.25) is 5.02 Å². The molecule has 0 spiro atoms. The zero-order valence-corrected chi connectivity index (χ0v) is 15.2. The largest absolute Gasteiger partial charge is 0.335 e. The van der Waals surface area contributed by atoms with Crippen molar-refractivity contribution in [2.75, 3.05) is 20.6 Å². The highest BCUT2D eigenvalue weighted by molar-refractivity contribution is 6.30. The number of nitrogens with one attached hydrogen (secondary N) is 1. The molecular formula is C18H21Cl2FN2O. The van der Waals surface area contributed by atoms with E-state index in [0.717, 1.165) is 11.1 Å². The molecule has 1 N–H and O–H groups in total. The first kappa shape index (κ1) is 20.4. The molecule has 1 amide bonds. The van der Waals surface area contributed by atoms with Gasteiger partial charge in [-0.25, -0.2) is 4.39 Å². The van der Waals surface area contributed by atoms with E-state index in [0.29, 0.717) is 18.0 Å². The molecule has 0 aliphatic carbocycles. The highest BCUT2D eigenvalue weighted by Crippen LogP contribution is 2.29. The van der Waals surface area contributed by atoms with Gasteiger partial charge in [-0.1, -0.05) is 35.9 Å². The van der Waals surface area contributed by atoms with Crippen LogP contribution < -0.4 is 5.32 Å². The molecule has 0 radical (unpaired) electrons. The van der Waals surface area contributed by atoms with Crippen LogP contribution in [0.5, 0.6) is 0 Å². The van der Waals surface area contributed by atoms with E-state index in [1.807, 2.05) is 19.2 Å². The zero-order valence-electron chi connectivity index (χ0n) is 13.6. The topological polar surface area (TPSA) is 32.3 Å². The molecular weight excluding hydrogens is 350 g/mol. The number of amides is 1. The van der Waals surface area contributed by atoms with E-state index in [9.17, 15) is 9.18 Å². The highest BCUT2D eigenvalue weighted by atomic mass is 35.5. The van der Waals surface area contributed by atoms with Gasteiger partial charge in [0.25, 0.3) is 0 Å². The van der Waals surface area contributed by atoms with Gasteiger partial charge in [0.2, 0.25) is 5.91 Å². The quantitative estimate of drug-likeness (QED) is 0.831. The van der Waals surface area contributed by atoms with Gasteiger partial charge in [0.1, 0.15) is 5.82 Å². The molecule has 0 fully saturated rings. The summed E-state index contributed by atoms with van der Waals surface area (Å²) in [6, 6.07) is 13.3. The lowest BCUT2D eigenvalue weighted by Crippen LogP contribution is -2.33. The van der Waals surface area contributed by atoms with Crippen LogP contribution in [0.25, 0.3) is 0 Å². The summed E-state index contributed by atoms with van der Waals surface area (Å²) >= 11 is 5.96. The van der Waals surface area contributed by atoms with Gasteiger partial charge in [-0.2, -0.15) is 0 Å². The first-order chi connectivity index (χ1) is 11.0. The number of halogens is 3. The van der Waals surface area contributed by atoms with Crippen molar-refractivity contribution in [3.8, 4) is 0 Å². The SMILES string of the molecule is CNCCC(=O)N(C)C(c1ccc(F)cc1)c1ccc(Cl)cc1.Cl. The maximum atomic E-state index is 13.2. The van der Waals surface area contributed by atoms with Gasteiger partial charge in [0.15, 0.2) is 0 Å². The van der Waals surface area contributed by atoms with Crippen molar-refractivity contribution in [2.45, 2.75) is 12.5 Å². The second-order valence-electron chi connectivity index (χ2n) is 5.36. The molecule has 2 rings (SSSR count). The number of benzene rings is 2. The Morgan fingerprint density at radius 2 is 1.62 bits per heavy atom. The van der Waals surface area contributed by atoms with Crippen LogP contribution in [0.4, 0.5) is 4.39 Å². The number of hydrogen-bond donors (Lipinski definition) is 1. The van der Waals surface area contributed by atoms with Crippen LogP contribution in [-0.2, 0) is 4.79 Å². The summed E-state index contributed by atoms with van der Waals surface area (Å²) < 4.78 is 13.2. The highest BCUT2D eigenvalue weighted by Gasteiger charge is 2.23. The standard InChI is InChI=1S/C18H20ClFN2O.ClH/c1-21-12-11-17(23)22(2)18(13-3-7-15(19)8-4-13)14-5-9-16(20)10-6-14;/h3-10,18,21H,11-12H2,1-2H3;1H. The number of carbonyl (C=O) groups is 1. The summed E-state index contributed by atoms with van der Waals surface area (Å²) in [6.45, 7) is 0.611. The fourth-order valence-corrected chi connectivity index (χ4v) is 2.61. The van der Waals surface area contributed by atoms with Crippen LogP contribution in [0.1, 0.15) is 23.6 Å². The Labute approximate surface area is 153 Å². The van der Waals surface area contributed by atoms with Gasteiger partial charge in [0, 0.05) is 25.0 Å². The molecule has 3 nitrogen and oxygen atoms in total. The second kappa shape index (κ2) is 9.62. The first-order valence-electron chi connectivity index (χ1n) is 7.44. The van der Waals surface area contributed by atoms with Crippen LogP contribution in [0.15, 0.2) is 48.5 Å². The minimum Gasteiger partial charge on any atom is -0.335 e. The predicted octanol–water partition coefficient (Wildman–Crippen LogP) is 4.06. The Morgan fingerprint density at radius 1 is 1.12 bits per heavy atom. The Kier molecular flexibility index (Phi) is 8.19. The molecule has 0 bridgehead atoms. The Hall–Kier alpha value is -1.62. The van der Waals surface area contributed by atoms with Gasteiger partial charge in [-0.15, -0.1) is 12.4 Å². The lowest BCUT2D eigenvalue weighted by Gasteiger charge is -2.29. The zero-order chi connectivity index (χ0) is 16.8. The van der Waals surface area contributed by atoms with E-state index < -0.39 is 0 Å². The molecule has 0 saturated heterocycles. The Morgan fingerprint density at radius 3 is 2.12 bits per heavy atom. The van der Waals surface area contributed by atoms with E-state index in [-0.39, 0.29) is 30.2 Å². The second-order valence-corrected chi connectivity index (χ2v) is 5.80. The van der Waals surface area contributed by atoms with Crippen molar-refractivity contribution < 1.29 is 9.18 Å². The van der Waals surface area contributed by atoms with Crippen molar-refractivity contribution in [3.63, 3.8) is 0 Å². The van der Waals surface area contributed by atoms with Crippen molar-refractivity contribution in [2.24, 2.45) is 0 Å². The van der Waals surface area contributed by atoms with Crippen LogP contribution in [0, 0.1) is 5.82 Å². The molecule has 0 aliphatic rings. The van der Waals surface area contributed by atoms with Crippen LogP contribution in [-0.4, -0.2) is 31.4 Å². The van der Waals surface area contributed by atoms with E-state index in [2.05, 4.69) is 5.32 Å². The Balaban J connectivity index is 0.00000288. The first-order valence-corrected chi connectivity index (χ1v) is 7.82. The fourth-order valence-electron chi connectivity index (χ4n) is 2.48. The summed E-state index contributed by atoms with van der Waals surface area (Å²) in [7, 11) is 3.57. The van der Waals surface area contributed by atoms with E-state index in [4.69, 9.17) is 11.6 Å². The molecule has 0 aliphatic heterocycles. The third-order valence-electron chi connectivity index (χ3n) is 3.74.